The molecule has 0 aromatic rings. The minimum Gasteiger partial charge on any atom is -0.381 e. The lowest BCUT2D eigenvalue weighted by atomic mass is 9.96. The van der Waals surface area contributed by atoms with Gasteiger partial charge in [-0.05, 0) is 31.6 Å². The van der Waals surface area contributed by atoms with Crippen LogP contribution in [0.5, 0.6) is 0 Å². The number of nitriles is 1. The van der Waals surface area contributed by atoms with E-state index in [4.69, 9.17) is 10.00 Å². The van der Waals surface area contributed by atoms with Crippen LogP contribution in [0.4, 0.5) is 0 Å². The Kier molecular flexibility index (Phi) is 2.27. The topological polar surface area (TPSA) is 45.0 Å². The van der Waals surface area contributed by atoms with Crippen molar-refractivity contribution in [2.75, 3.05) is 13.2 Å². The Morgan fingerprint density at radius 3 is 2.85 bits per heavy atom. The summed E-state index contributed by atoms with van der Waals surface area (Å²) in [7, 11) is 0. The van der Waals surface area contributed by atoms with Crippen LogP contribution < -0.4 is 5.32 Å². The second-order valence-corrected chi connectivity index (χ2v) is 4.25. The molecule has 0 aromatic heterocycles. The Hall–Kier alpha value is -0.590. The zero-order chi connectivity index (χ0) is 9.31. The average Bonchev–Trinajstić information content (AvgIpc) is 2.79. The van der Waals surface area contributed by atoms with Gasteiger partial charge in [0.2, 0.25) is 0 Å². The fourth-order valence-corrected chi connectivity index (χ4v) is 2.25. The highest BCUT2D eigenvalue weighted by Crippen LogP contribution is 2.53. The second kappa shape index (κ2) is 3.28. The Morgan fingerprint density at radius 1 is 1.54 bits per heavy atom. The van der Waals surface area contributed by atoms with E-state index in [2.05, 4.69) is 11.4 Å². The van der Waals surface area contributed by atoms with Gasteiger partial charge in [-0.1, -0.05) is 0 Å². The molecular formula is C10H16N2O. The molecule has 1 saturated carbocycles. The Labute approximate surface area is 79.1 Å². The van der Waals surface area contributed by atoms with E-state index in [1.165, 1.54) is 19.3 Å². The summed E-state index contributed by atoms with van der Waals surface area (Å²) in [5.74, 6) is 0. The van der Waals surface area contributed by atoms with Gasteiger partial charge in [-0.15, -0.1) is 0 Å². The van der Waals surface area contributed by atoms with E-state index >= 15 is 0 Å². The van der Waals surface area contributed by atoms with Crippen LogP contribution in [0.15, 0.2) is 0 Å². The van der Waals surface area contributed by atoms with Crippen molar-refractivity contribution in [3.05, 3.63) is 0 Å². The molecule has 2 rings (SSSR count). The minimum absolute atomic E-state index is 0.00720. The maximum absolute atomic E-state index is 8.66. The van der Waals surface area contributed by atoms with E-state index < -0.39 is 0 Å². The first-order valence-corrected chi connectivity index (χ1v) is 5.00. The van der Waals surface area contributed by atoms with Gasteiger partial charge < -0.3 is 4.74 Å². The number of hydrogen-bond donors (Lipinski definition) is 1. The Morgan fingerprint density at radius 2 is 2.23 bits per heavy atom. The molecule has 0 radical (unpaired) electrons. The molecule has 1 heterocycles. The first-order valence-electron chi connectivity index (χ1n) is 5.00. The lowest BCUT2D eigenvalue weighted by Gasteiger charge is -2.23. The second-order valence-electron chi connectivity index (χ2n) is 4.25. The molecule has 1 spiro atoms. The normalized spacial score (nSPS) is 32.5. The summed E-state index contributed by atoms with van der Waals surface area (Å²) in [6.45, 7) is 3.73. The van der Waals surface area contributed by atoms with Gasteiger partial charge in [0, 0.05) is 19.3 Å². The van der Waals surface area contributed by atoms with Crippen molar-refractivity contribution >= 4 is 0 Å². The van der Waals surface area contributed by atoms with E-state index in [1.807, 2.05) is 6.92 Å². The monoisotopic (exact) mass is 180 g/mol. The molecule has 3 nitrogen and oxygen atoms in total. The van der Waals surface area contributed by atoms with Crippen molar-refractivity contribution < 1.29 is 4.74 Å². The van der Waals surface area contributed by atoms with Crippen LogP contribution in [0.3, 0.4) is 0 Å². The van der Waals surface area contributed by atoms with Gasteiger partial charge in [-0.25, -0.2) is 0 Å². The van der Waals surface area contributed by atoms with Crippen molar-refractivity contribution in [3.8, 4) is 6.07 Å². The van der Waals surface area contributed by atoms with Crippen molar-refractivity contribution in [2.24, 2.45) is 5.41 Å². The molecule has 2 fully saturated rings. The maximum Gasteiger partial charge on any atom is 0.0926 e. The van der Waals surface area contributed by atoms with Crippen molar-refractivity contribution in [1.29, 1.82) is 5.26 Å². The lowest BCUT2D eigenvalue weighted by Crippen LogP contribution is -2.32. The fraction of sp³-hybridized carbons (Fsp3) is 0.900. The maximum atomic E-state index is 8.66. The molecule has 3 heteroatoms. The van der Waals surface area contributed by atoms with Crippen LogP contribution in [-0.2, 0) is 4.74 Å². The van der Waals surface area contributed by atoms with Crippen molar-refractivity contribution in [1.82, 2.24) is 5.32 Å². The first-order chi connectivity index (χ1) is 6.27. The van der Waals surface area contributed by atoms with E-state index in [1.54, 1.807) is 0 Å². The summed E-state index contributed by atoms with van der Waals surface area (Å²) < 4.78 is 5.33. The number of nitrogens with zero attached hydrogens (tertiary/aromatic N) is 1. The number of rotatable bonds is 2. The highest BCUT2D eigenvalue weighted by Gasteiger charge is 2.54. The summed E-state index contributed by atoms with van der Waals surface area (Å²) in [5, 5.41) is 12.0. The molecule has 2 unspecified atom stereocenters. The van der Waals surface area contributed by atoms with E-state index in [0.717, 1.165) is 13.2 Å². The standard InChI is InChI=1S/C10H16N2O/c1-8(7-11)12-9-6-10(9)2-4-13-5-3-10/h8-9,12H,2-6H2,1H3. The predicted molar refractivity (Wildman–Crippen MR) is 49.1 cm³/mol. The number of nitrogens with one attached hydrogen (secondary N) is 1. The van der Waals surface area contributed by atoms with Gasteiger partial charge in [0.05, 0.1) is 12.1 Å². The van der Waals surface area contributed by atoms with E-state index in [-0.39, 0.29) is 6.04 Å². The van der Waals surface area contributed by atoms with Crippen LogP contribution in [0.1, 0.15) is 26.2 Å². The van der Waals surface area contributed by atoms with Crippen LogP contribution in [0, 0.1) is 16.7 Å². The smallest absolute Gasteiger partial charge is 0.0926 e. The van der Waals surface area contributed by atoms with Crippen LogP contribution in [-0.4, -0.2) is 25.3 Å². The summed E-state index contributed by atoms with van der Waals surface area (Å²) >= 11 is 0. The third-order valence-corrected chi connectivity index (χ3v) is 3.32. The molecule has 0 bridgehead atoms. The highest BCUT2D eigenvalue weighted by atomic mass is 16.5. The molecule has 0 amide bonds. The van der Waals surface area contributed by atoms with Gasteiger partial charge in [-0.3, -0.25) is 5.32 Å². The van der Waals surface area contributed by atoms with E-state index in [9.17, 15) is 0 Å². The molecule has 13 heavy (non-hydrogen) atoms. The molecule has 1 aliphatic heterocycles. The highest BCUT2D eigenvalue weighted by molar-refractivity contribution is 5.10. The van der Waals surface area contributed by atoms with Gasteiger partial charge in [-0.2, -0.15) is 5.26 Å². The number of ether oxygens (including phenoxy) is 1. The van der Waals surface area contributed by atoms with Gasteiger partial charge in [0.15, 0.2) is 0 Å². The third-order valence-electron chi connectivity index (χ3n) is 3.32. The zero-order valence-electron chi connectivity index (χ0n) is 8.05. The molecule has 1 saturated heterocycles. The lowest BCUT2D eigenvalue weighted by molar-refractivity contribution is 0.0541. The molecule has 1 aliphatic carbocycles. The first kappa shape index (κ1) is 8.98. The quantitative estimate of drug-likeness (QED) is 0.691. The molecule has 2 aliphatic rings. The summed E-state index contributed by atoms with van der Waals surface area (Å²) in [6, 6.07) is 2.78. The largest absolute Gasteiger partial charge is 0.381 e. The van der Waals surface area contributed by atoms with Crippen LogP contribution in [0.25, 0.3) is 0 Å². The Balaban J connectivity index is 1.83. The van der Waals surface area contributed by atoms with Crippen molar-refractivity contribution in [3.63, 3.8) is 0 Å². The SMILES string of the molecule is CC(C#N)NC1CC12CCOCC2. The predicted octanol–water partition coefficient (Wildman–Crippen LogP) is 1.06. The molecular weight excluding hydrogens is 164 g/mol. The van der Waals surface area contributed by atoms with Gasteiger partial charge >= 0.3 is 0 Å². The van der Waals surface area contributed by atoms with E-state index in [0.29, 0.717) is 11.5 Å². The Bertz CT molecular complexity index is 228. The molecule has 1 N–H and O–H groups in total. The fourth-order valence-electron chi connectivity index (χ4n) is 2.25. The van der Waals surface area contributed by atoms with Crippen LogP contribution in [0.2, 0.25) is 0 Å². The molecule has 72 valence electrons. The number of hydrogen-bond acceptors (Lipinski definition) is 3. The van der Waals surface area contributed by atoms with Gasteiger partial charge in [0.1, 0.15) is 0 Å². The summed E-state index contributed by atoms with van der Waals surface area (Å²) in [4.78, 5) is 0. The van der Waals surface area contributed by atoms with Crippen LogP contribution >= 0.6 is 0 Å². The molecule has 2 atom stereocenters. The van der Waals surface area contributed by atoms with Crippen molar-refractivity contribution in [2.45, 2.75) is 38.3 Å². The molecule has 0 aromatic carbocycles. The summed E-state index contributed by atoms with van der Waals surface area (Å²) in [5.41, 5.74) is 0.489. The average molecular weight is 180 g/mol. The minimum atomic E-state index is -0.00720. The third kappa shape index (κ3) is 1.70. The van der Waals surface area contributed by atoms with Gasteiger partial charge in [0.25, 0.3) is 0 Å². The zero-order valence-corrected chi connectivity index (χ0v) is 8.05. The summed E-state index contributed by atoms with van der Waals surface area (Å²) in [6.07, 6.45) is 3.58.